The predicted molar refractivity (Wildman–Crippen MR) is 109 cm³/mol. The molecule has 2 N–H and O–H groups in total. The maximum Gasteiger partial charge on any atom is 0.262 e. The lowest BCUT2D eigenvalue weighted by Crippen LogP contribution is -2.34. The second kappa shape index (κ2) is 8.21. The van der Waals surface area contributed by atoms with Crippen LogP contribution in [0.3, 0.4) is 0 Å². The van der Waals surface area contributed by atoms with E-state index in [0.717, 1.165) is 16.5 Å². The number of benzene rings is 3. The smallest absolute Gasteiger partial charge is 0.262 e. The highest BCUT2D eigenvalue weighted by molar-refractivity contribution is 6.36. The van der Waals surface area contributed by atoms with Crippen molar-refractivity contribution in [2.75, 3.05) is 5.32 Å². The van der Waals surface area contributed by atoms with E-state index < -0.39 is 6.04 Å². The van der Waals surface area contributed by atoms with Crippen LogP contribution in [0.15, 0.2) is 65.8 Å². The number of anilines is 1. The van der Waals surface area contributed by atoms with Crippen LogP contribution in [0.5, 0.6) is 0 Å². The maximum absolute atomic E-state index is 12.3. The average Bonchev–Trinajstić information content (AvgIpc) is 2.63. The number of nitrogens with one attached hydrogen (secondary N) is 2. The van der Waals surface area contributed by atoms with Crippen LogP contribution in [-0.4, -0.2) is 18.2 Å². The predicted octanol–water partition coefficient (Wildman–Crippen LogP) is 5.10. The highest BCUT2D eigenvalue weighted by atomic mass is 35.5. The lowest BCUT2D eigenvalue weighted by Gasteiger charge is -2.15. The van der Waals surface area contributed by atoms with Gasteiger partial charge in [0.2, 0.25) is 0 Å². The third kappa shape index (κ3) is 4.34. The Bertz CT molecular complexity index is 967. The van der Waals surface area contributed by atoms with E-state index >= 15 is 0 Å². The molecule has 1 amide bonds. The zero-order valence-electron chi connectivity index (χ0n) is 14.0. The molecule has 0 bridgehead atoms. The summed E-state index contributed by atoms with van der Waals surface area (Å²) in [7, 11) is 0. The minimum absolute atomic E-state index is 0.251. The van der Waals surface area contributed by atoms with Crippen molar-refractivity contribution in [1.82, 2.24) is 5.43 Å². The fourth-order valence-corrected chi connectivity index (χ4v) is 2.98. The Kier molecular flexibility index (Phi) is 5.76. The topological polar surface area (TPSA) is 53.5 Å². The number of hydrogen-bond donors (Lipinski definition) is 2. The Morgan fingerprint density at radius 2 is 1.85 bits per heavy atom. The first kappa shape index (κ1) is 18.2. The standard InChI is InChI=1S/C20H17Cl2N3O/c1-13(24-19-8-4-6-14-5-2-3-7-17(14)19)20(26)25-23-12-15-9-10-16(21)11-18(15)22/h2-13,24H,1H3,(H,25,26)/b23-12-/t13-/m1/s1. The molecule has 132 valence electrons. The fourth-order valence-electron chi connectivity index (χ4n) is 2.52. The van der Waals surface area contributed by atoms with Gasteiger partial charge >= 0.3 is 0 Å². The summed E-state index contributed by atoms with van der Waals surface area (Å²) in [5, 5.41) is 10.4. The molecule has 0 unspecified atom stereocenters. The number of carbonyl (C=O) groups is 1. The first-order valence-electron chi connectivity index (χ1n) is 8.07. The monoisotopic (exact) mass is 385 g/mol. The number of fused-ring (bicyclic) bond motifs is 1. The van der Waals surface area contributed by atoms with Crippen LogP contribution in [-0.2, 0) is 4.79 Å². The average molecular weight is 386 g/mol. The number of hydrogen-bond acceptors (Lipinski definition) is 3. The molecule has 0 aliphatic rings. The van der Waals surface area contributed by atoms with Crippen molar-refractivity contribution in [3.63, 3.8) is 0 Å². The van der Waals surface area contributed by atoms with E-state index in [1.165, 1.54) is 6.21 Å². The molecule has 1 atom stereocenters. The van der Waals surface area contributed by atoms with Gasteiger partial charge in [-0.1, -0.05) is 65.7 Å². The summed E-state index contributed by atoms with van der Waals surface area (Å²) in [5.41, 5.74) is 4.09. The fraction of sp³-hybridized carbons (Fsp3) is 0.100. The van der Waals surface area contributed by atoms with Gasteiger partial charge in [-0.05, 0) is 30.5 Å². The highest BCUT2D eigenvalue weighted by Crippen LogP contribution is 2.23. The van der Waals surface area contributed by atoms with Gasteiger partial charge in [-0.3, -0.25) is 4.79 Å². The Labute approximate surface area is 161 Å². The normalized spacial score (nSPS) is 12.3. The number of hydrazone groups is 1. The minimum atomic E-state index is -0.460. The van der Waals surface area contributed by atoms with E-state index in [9.17, 15) is 4.79 Å². The van der Waals surface area contributed by atoms with Crippen LogP contribution in [0.25, 0.3) is 10.8 Å². The van der Waals surface area contributed by atoms with Crippen LogP contribution in [0.1, 0.15) is 12.5 Å². The van der Waals surface area contributed by atoms with E-state index in [-0.39, 0.29) is 5.91 Å². The molecule has 0 spiro atoms. The molecule has 26 heavy (non-hydrogen) atoms. The summed E-state index contributed by atoms with van der Waals surface area (Å²) >= 11 is 11.9. The third-order valence-electron chi connectivity index (χ3n) is 3.90. The van der Waals surface area contributed by atoms with Gasteiger partial charge in [0.25, 0.3) is 5.91 Å². The molecule has 3 rings (SSSR count). The zero-order chi connectivity index (χ0) is 18.5. The molecule has 4 nitrogen and oxygen atoms in total. The molecule has 6 heteroatoms. The summed E-state index contributed by atoms with van der Waals surface area (Å²) in [6, 6.07) is 18.5. The Morgan fingerprint density at radius 1 is 1.08 bits per heavy atom. The van der Waals surface area contributed by atoms with Gasteiger partial charge in [0.15, 0.2) is 0 Å². The summed E-state index contributed by atoms with van der Waals surface area (Å²) in [6.07, 6.45) is 1.49. The minimum Gasteiger partial charge on any atom is -0.373 e. The van der Waals surface area contributed by atoms with Gasteiger partial charge in [0, 0.05) is 21.7 Å². The zero-order valence-corrected chi connectivity index (χ0v) is 15.6. The first-order chi connectivity index (χ1) is 12.5. The number of rotatable bonds is 5. The Hall–Kier alpha value is -2.56. The third-order valence-corrected chi connectivity index (χ3v) is 4.46. The molecule has 0 radical (unpaired) electrons. The van der Waals surface area contributed by atoms with Gasteiger partial charge in [0.1, 0.15) is 6.04 Å². The van der Waals surface area contributed by atoms with E-state index in [2.05, 4.69) is 15.8 Å². The van der Waals surface area contributed by atoms with E-state index in [4.69, 9.17) is 23.2 Å². The summed E-state index contributed by atoms with van der Waals surface area (Å²) in [4.78, 5) is 12.3. The highest BCUT2D eigenvalue weighted by Gasteiger charge is 2.13. The van der Waals surface area contributed by atoms with Gasteiger partial charge in [-0.2, -0.15) is 5.10 Å². The molecule has 3 aromatic rings. The first-order valence-corrected chi connectivity index (χ1v) is 8.82. The summed E-state index contributed by atoms with van der Waals surface area (Å²) in [6.45, 7) is 1.78. The van der Waals surface area contributed by atoms with Crippen molar-refractivity contribution in [3.8, 4) is 0 Å². The molecule has 0 aliphatic carbocycles. The van der Waals surface area contributed by atoms with Gasteiger partial charge in [-0.15, -0.1) is 0 Å². The second-order valence-electron chi connectivity index (χ2n) is 5.79. The molecule has 0 saturated carbocycles. The molecule has 0 heterocycles. The SMILES string of the molecule is C[C@@H](Nc1cccc2ccccc12)C(=O)N/N=C\c1ccc(Cl)cc1Cl. The van der Waals surface area contributed by atoms with Crippen LogP contribution < -0.4 is 10.7 Å². The van der Waals surface area contributed by atoms with Gasteiger partial charge in [-0.25, -0.2) is 5.43 Å². The van der Waals surface area contributed by atoms with Gasteiger partial charge in [0.05, 0.1) is 11.2 Å². The van der Waals surface area contributed by atoms with E-state index in [1.54, 1.807) is 25.1 Å². The van der Waals surface area contributed by atoms with Crippen LogP contribution in [0, 0.1) is 0 Å². The van der Waals surface area contributed by atoms with Crippen LogP contribution in [0.4, 0.5) is 5.69 Å². The molecule has 0 aromatic heterocycles. The van der Waals surface area contributed by atoms with E-state index in [1.807, 2.05) is 42.5 Å². The largest absolute Gasteiger partial charge is 0.373 e. The van der Waals surface area contributed by atoms with E-state index in [0.29, 0.717) is 15.6 Å². The Morgan fingerprint density at radius 3 is 2.65 bits per heavy atom. The quantitative estimate of drug-likeness (QED) is 0.474. The molecule has 0 aliphatic heterocycles. The molecule has 0 saturated heterocycles. The van der Waals surface area contributed by atoms with Crippen LogP contribution >= 0.6 is 23.2 Å². The molecule has 3 aromatic carbocycles. The maximum atomic E-state index is 12.3. The Balaban J connectivity index is 1.65. The molecular weight excluding hydrogens is 369 g/mol. The molecule has 0 fully saturated rings. The van der Waals surface area contributed by atoms with Crippen LogP contribution in [0.2, 0.25) is 10.0 Å². The van der Waals surface area contributed by atoms with Crippen molar-refractivity contribution in [2.45, 2.75) is 13.0 Å². The van der Waals surface area contributed by atoms with Crippen molar-refractivity contribution in [1.29, 1.82) is 0 Å². The van der Waals surface area contributed by atoms with Crippen molar-refractivity contribution >= 4 is 51.8 Å². The van der Waals surface area contributed by atoms with Gasteiger partial charge < -0.3 is 5.32 Å². The summed E-state index contributed by atoms with van der Waals surface area (Å²) in [5.74, 6) is -0.251. The summed E-state index contributed by atoms with van der Waals surface area (Å²) < 4.78 is 0. The number of halogens is 2. The number of carbonyl (C=O) groups excluding carboxylic acids is 1. The second-order valence-corrected chi connectivity index (χ2v) is 6.64. The van der Waals surface area contributed by atoms with Crippen molar-refractivity contribution in [3.05, 3.63) is 76.3 Å². The molecular formula is C20H17Cl2N3O. The lowest BCUT2D eigenvalue weighted by molar-refractivity contribution is -0.121. The van der Waals surface area contributed by atoms with Crippen molar-refractivity contribution in [2.24, 2.45) is 5.10 Å². The number of amides is 1. The number of nitrogens with zero attached hydrogens (tertiary/aromatic N) is 1. The van der Waals surface area contributed by atoms with Crippen molar-refractivity contribution < 1.29 is 4.79 Å². The lowest BCUT2D eigenvalue weighted by atomic mass is 10.1.